The van der Waals surface area contributed by atoms with E-state index in [2.05, 4.69) is 219 Å². The summed E-state index contributed by atoms with van der Waals surface area (Å²) in [5, 5.41) is 5.27. The maximum absolute atomic E-state index is 2.43. The van der Waals surface area contributed by atoms with E-state index in [0.717, 1.165) is 17.1 Å². The molecule has 1 nitrogen and oxygen atoms in total. The van der Waals surface area contributed by atoms with Gasteiger partial charge in [0.2, 0.25) is 0 Å². The summed E-state index contributed by atoms with van der Waals surface area (Å²) in [6.45, 7) is 4.75. The number of nitrogens with zero attached hydrogens (tertiary/aromatic N) is 1. The summed E-state index contributed by atoms with van der Waals surface area (Å²) in [4.78, 5) is 2.41. The third kappa shape index (κ3) is 5.59. The molecule has 10 aromatic rings. The van der Waals surface area contributed by atoms with E-state index in [4.69, 9.17) is 0 Å². The van der Waals surface area contributed by atoms with Crippen LogP contribution >= 0.6 is 11.3 Å². The molecule has 0 unspecified atom stereocenters. The predicted molar refractivity (Wildman–Crippen MR) is 245 cm³/mol. The Hall–Kier alpha value is -6.74. The van der Waals surface area contributed by atoms with Gasteiger partial charge in [-0.1, -0.05) is 159 Å². The molecular weight excluding hydrogens is 707 g/mol. The van der Waals surface area contributed by atoms with Gasteiger partial charge < -0.3 is 4.90 Å². The number of anilines is 3. The zero-order valence-corrected chi connectivity index (χ0v) is 32.7. The Bertz CT molecular complexity index is 3120. The van der Waals surface area contributed by atoms with Gasteiger partial charge in [0.05, 0.1) is 0 Å². The highest BCUT2D eigenvalue weighted by Gasteiger charge is 2.37. The molecule has 0 N–H and O–H groups in total. The molecule has 1 aromatic heterocycles. The van der Waals surface area contributed by atoms with E-state index in [1.807, 2.05) is 11.3 Å². The molecule has 2 heteroatoms. The summed E-state index contributed by atoms with van der Waals surface area (Å²) in [5.74, 6) is 0. The number of hydrogen-bond donors (Lipinski definition) is 0. The highest BCUT2D eigenvalue weighted by Crippen LogP contribution is 2.53. The Labute approximate surface area is 337 Å². The third-order valence-corrected chi connectivity index (χ3v) is 13.2. The van der Waals surface area contributed by atoms with Crippen molar-refractivity contribution in [2.24, 2.45) is 0 Å². The van der Waals surface area contributed by atoms with Gasteiger partial charge in [-0.25, -0.2) is 0 Å². The van der Waals surface area contributed by atoms with E-state index < -0.39 is 0 Å². The lowest BCUT2D eigenvalue weighted by Crippen LogP contribution is -2.16. The maximum atomic E-state index is 2.43. The first kappa shape index (κ1) is 33.6. The number of thiophene rings is 1. The largest absolute Gasteiger partial charge is 0.310 e. The van der Waals surface area contributed by atoms with E-state index in [1.54, 1.807) is 0 Å². The second kappa shape index (κ2) is 13.2. The lowest BCUT2D eigenvalue weighted by molar-refractivity contribution is 0.661. The van der Waals surface area contributed by atoms with Gasteiger partial charge in [-0.05, 0) is 121 Å². The first-order chi connectivity index (χ1) is 28.0. The molecule has 1 aliphatic carbocycles. The molecule has 1 heterocycles. The van der Waals surface area contributed by atoms with Gasteiger partial charge in [0.25, 0.3) is 0 Å². The summed E-state index contributed by atoms with van der Waals surface area (Å²) in [6, 6.07) is 73.8. The molecule has 0 amide bonds. The molecule has 0 spiro atoms. The highest BCUT2D eigenvalue weighted by atomic mass is 32.1. The second-order valence-electron chi connectivity index (χ2n) is 15.7. The molecule has 0 fully saturated rings. The normalized spacial score (nSPS) is 12.9. The quantitative estimate of drug-likeness (QED) is 0.164. The van der Waals surface area contributed by atoms with Crippen molar-refractivity contribution in [2.45, 2.75) is 19.3 Å². The standard InChI is InChI=1S/C55H39NS/c1-55(2)50-32-24-41-12-6-7-13-46(41)54(50)48-31-30-45(35-51(48)55)56(43-26-20-38(21-27-43)36-10-4-3-5-11-36)44-28-22-39(23-29-44)37-16-18-40(19-17-37)42-25-33-53-49(34-42)47-14-8-9-15-52(47)57-53/h3-35H,1-2H3. The zero-order chi connectivity index (χ0) is 38.1. The fraction of sp³-hybridized carbons (Fsp3) is 0.0545. The topological polar surface area (TPSA) is 3.24 Å². The average molecular weight is 746 g/mol. The van der Waals surface area contributed by atoms with Crippen LogP contribution in [-0.4, -0.2) is 0 Å². The summed E-state index contributed by atoms with van der Waals surface area (Å²) in [5.41, 5.74) is 16.0. The van der Waals surface area contributed by atoms with Crippen molar-refractivity contribution in [3.63, 3.8) is 0 Å². The summed E-state index contributed by atoms with van der Waals surface area (Å²) in [6.07, 6.45) is 0. The SMILES string of the molecule is CC1(C)c2cc(N(c3ccc(-c4ccccc4)cc3)c3ccc(-c4ccc(-c5ccc6sc7ccccc7c6c5)cc4)cc3)ccc2-c2c1ccc1ccccc21. The van der Waals surface area contributed by atoms with Crippen LogP contribution in [0.5, 0.6) is 0 Å². The van der Waals surface area contributed by atoms with Crippen LogP contribution in [0.2, 0.25) is 0 Å². The van der Waals surface area contributed by atoms with Gasteiger partial charge in [0, 0.05) is 42.6 Å². The maximum Gasteiger partial charge on any atom is 0.0465 e. The molecular formula is C55H39NS. The van der Waals surface area contributed by atoms with Gasteiger partial charge in [-0.2, -0.15) is 0 Å². The van der Waals surface area contributed by atoms with Crippen molar-refractivity contribution < 1.29 is 0 Å². The molecule has 57 heavy (non-hydrogen) atoms. The lowest BCUT2D eigenvalue weighted by atomic mass is 9.82. The van der Waals surface area contributed by atoms with Gasteiger partial charge in [0.1, 0.15) is 0 Å². The number of fused-ring (bicyclic) bond motifs is 8. The molecule has 0 saturated heterocycles. The number of hydrogen-bond acceptors (Lipinski definition) is 2. The van der Waals surface area contributed by atoms with Crippen molar-refractivity contribution in [2.75, 3.05) is 4.90 Å². The fourth-order valence-electron chi connectivity index (χ4n) is 9.08. The average Bonchev–Trinajstić information content (AvgIpc) is 3.76. The van der Waals surface area contributed by atoms with Crippen LogP contribution in [0.3, 0.4) is 0 Å². The van der Waals surface area contributed by atoms with Crippen LogP contribution in [0.4, 0.5) is 17.1 Å². The minimum absolute atomic E-state index is 0.132. The molecule has 270 valence electrons. The Morgan fingerprint density at radius 1 is 0.368 bits per heavy atom. The summed E-state index contributed by atoms with van der Waals surface area (Å²) >= 11 is 1.86. The Balaban J connectivity index is 0.961. The van der Waals surface area contributed by atoms with E-state index in [9.17, 15) is 0 Å². The van der Waals surface area contributed by atoms with Crippen LogP contribution in [0.1, 0.15) is 25.0 Å². The van der Waals surface area contributed by atoms with Gasteiger partial charge in [-0.15, -0.1) is 11.3 Å². The van der Waals surface area contributed by atoms with Crippen LogP contribution < -0.4 is 4.90 Å². The minimum Gasteiger partial charge on any atom is -0.310 e. The van der Waals surface area contributed by atoms with Gasteiger partial charge in [0.15, 0.2) is 0 Å². The van der Waals surface area contributed by atoms with E-state index in [-0.39, 0.29) is 5.41 Å². The smallest absolute Gasteiger partial charge is 0.0465 e. The van der Waals surface area contributed by atoms with E-state index in [0.29, 0.717) is 0 Å². The van der Waals surface area contributed by atoms with Crippen molar-refractivity contribution in [3.05, 3.63) is 211 Å². The van der Waals surface area contributed by atoms with E-state index >= 15 is 0 Å². The van der Waals surface area contributed by atoms with Gasteiger partial charge in [-0.3, -0.25) is 0 Å². The molecule has 9 aromatic carbocycles. The van der Waals surface area contributed by atoms with Crippen LogP contribution in [0, 0.1) is 0 Å². The molecule has 0 aliphatic heterocycles. The van der Waals surface area contributed by atoms with Crippen molar-refractivity contribution in [1.82, 2.24) is 0 Å². The zero-order valence-electron chi connectivity index (χ0n) is 31.9. The summed E-state index contributed by atoms with van der Waals surface area (Å²) < 4.78 is 2.67. The van der Waals surface area contributed by atoms with Crippen molar-refractivity contribution in [1.29, 1.82) is 0 Å². The molecule has 0 bridgehead atoms. The second-order valence-corrected chi connectivity index (χ2v) is 16.8. The van der Waals surface area contributed by atoms with E-state index in [1.165, 1.54) is 86.6 Å². The first-order valence-electron chi connectivity index (χ1n) is 19.7. The van der Waals surface area contributed by atoms with Crippen molar-refractivity contribution >= 4 is 59.3 Å². The molecule has 0 saturated carbocycles. The number of rotatable bonds is 6. The highest BCUT2D eigenvalue weighted by molar-refractivity contribution is 7.25. The molecule has 1 aliphatic rings. The van der Waals surface area contributed by atoms with Crippen LogP contribution in [-0.2, 0) is 5.41 Å². The monoisotopic (exact) mass is 745 g/mol. The number of benzene rings is 9. The first-order valence-corrected chi connectivity index (χ1v) is 20.6. The third-order valence-electron chi connectivity index (χ3n) is 12.1. The molecule has 0 atom stereocenters. The molecule has 0 radical (unpaired) electrons. The fourth-order valence-corrected chi connectivity index (χ4v) is 10.2. The Kier molecular flexibility index (Phi) is 7.77. The van der Waals surface area contributed by atoms with Gasteiger partial charge >= 0.3 is 0 Å². The minimum atomic E-state index is -0.132. The Morgan fingerprint density at radius 3 is 1.60 bits per heavy atom. The van der Waals surface area contributed by atoms with Crippen molar-refractivity contribution in [3.8, 4) is 44.5 Å². The summed E-state index contributed by atoms with van der Waals surface area (Å²) in [7, 11) is 0. The Morgan fingerprint density at radius 2 is 0.895 bits per heavy atom. The van der Waals surface area contributed by atoms with Crippen LogP contribution in [0.25, 0.3) is 75.5 Å². The van der Waals surface area contributed by atoms with Crippen LogP contribution in [0.15, 0.2) is 200 Å². The molecule has 11 rings (SSSR count). The lowest BCUT2D eigenvalue weighted by Gasteiger charge is -2.28. The predicted octanol–water partition coefficient (Wildman–Crippen LogP) is 16.0.